The average Bonchev–Trinajstić information content (AvgIpc) is 2.12. The number of aliphatic hydroxyl groups excluding tert-OH is 1. The summed E-state index contributed by atoms with van der Waals surface area (Å²) in [5.41, 5.74) is 0.836. The summed E-state index contributed by atoms with van der Waals surface area (Å²) in [7, 11) is 0. The molecule has 1 rings (SSSR count). The van der Waals surface area contributed by atoms with Crippen LogP contribution in [0.3, 0.4) is 0 Å². The molecule has 0 aliphatic rings. The lowest BCUT2D eigenvalue weighted by molar-refractivity contribution is 0.157. The number of hydrogen-bond donors (Lipinski definition) is 1. The summed E-state index contributed by atoms with van der Waals surface area (Å²) >= 11 is 3.24. The highest BCUT2D eigenvalue weighted by atomic mass is 79.9. The first kappa shape index (κ1) is 13.7. The summed E-state index contributed by atoms with van der Waals surface area (Å²) in [5.74, 6) is 0.328. The third-order valence-corrected chi connectivity index (χ3v) is 2.93. The van der Waals surface area contributed by atoms with Crippen molar-refractivity contribution < 1.29 is 9.50 Å². The lowest BCUT2D eigenvalue weighted by Gasteiger charge is -2.12. The molecule has 0 amide bonds. The van der Waals surface area contributed by atoms with E-state index in [1.54, 1.807) is 0 Å². The van der Waals surface area contributed by atoms with Crippen LogP contribution in [-0.2, 0) is 6.42 Å². The monoisotopic (exact) mass is 288 g/mol. The third-order valence-electron chi connectivity index (χ3n) is 2.47. The molecule has 0 fully saturated rings. The van der Waals surface area contributed by atoms with E-state index < -0.39 is 0 Å². The lowest BCUT2D eigenvalue weighted by Crippen LogP contribution is -2.11. The quantitative estimate of drug-likeness (QED) is 0.870. The van der Waals surface area contributed by atoms with Gasteiger partial charge in [-0.1, -0.05) is 29.8 Å². The Morgan fingerprint density at radius 2 is 1.94 bits per heavy atom. The molecule has 0 spiro atoms. The van der Waals surface area contributed by atoms with Gasteiger partial charge < -0.3 is 5.11 Å². The molecule has 0 saturated heterocycles. The van der Waals surface area contributed by atoms with E-state index in [0.29, 0.717) is 12.3 Å². The molecular weight excluding hydrogens is 271 g/mol. The highest BCUT2D eigenvalue weighted by Crippen LogP contribution is 2.17. The summed E-state index contributed by atoms with van der Waals surface area (Å²) in [5, 5.41) is 9.80. The first-order chi connectivity index (χ1) is 7.47. The van der Waals surface area contributed by atoms with Gasteiger partial charge in [0.15, 0.2) is 0 Å². The minimum Gasteiger partial charge on any atom is -0.393 e. The third kappa shape index (κ3) is 5.08. The van der Waals surface area contributed by atoms with E-state index in [4.69, 9.17) is 0 Å². The van der Waals surface area contributed by atoms with E-state index in [1.165, 1.54) is 12.1 Å². The number of halogens is 2. The standard InChI is InChI=1S/C13H18BrFO/c1-9(2)3-4-13(16)7-10-5-11(14)8-12(15)6-10/h5-6,8-9,13,16H,3-4,7H2,1-2H3. The van der Waals surface area contributed by atoms with Crippen LogP contribution < -0.4 is 0 Å². The predicted octanol–water partition coefficient (Wildman–Crippen LogP) is 3.93. The lowest BCUT2D eigenvalue weighted by atomic mass is 10.00. The number of aliphatic hydroxyl groups is 1. The van der Waals surface area contributed by atoms with E-state index in [-0.39, 0.29) is 11.9 Å². The van der Waals surface area contributed by atoms with Crippen LogP contribution in [0.25, 0.3) is 0 Å². The summed E-state index contributed by atoms with van der Waals surface area (Å²) < 4.78 is 13.8. The van der Waals surface area contributed by atoms with Gasteiger partial charge in [-0.25, -0.2) is 4.39 Å². The Balaban J connectivity index is 2.52. The molecule has 0 bridgehead atoms. The summed E-state index contributed by atoms with van der Waals surface area (Å²) in [6.45, 7) is 4.26. The van der Waals surface area contributed by atoms with Crippen molar-refractivity contribution in [3.63, 3.8) is 0 Å². The number of hydrogen-bond acceptors (Lipinski definition) is 1. The van der Waals surface area contributed by atoms with Crippen LogP contribution in [0, 0.1) is 11.7 Å². The highest BCUT2D eigenvalue weighted by Gasteiger charge is 2.08. The van der Waals surface area contributed by atoms with Gasteiger partial charge in [0.2, 0.25) is 0 Å². The van der Waals surface area contributed by atoms with Gasteiger partial charge >= 0.3 is 0 Å². The molecule has 16 heavy (non-hydrogen) atoms. The van der Waals surface area contributed by atoms with Crippen molar-refractivity contribution in [1.82, 2.24) is 0 Å². The first-order valence-corrected chi connectivity index (χ1v) is 6.39. The highest BCUT2D eigenvalue weighted by molar-refractivity contribution is 9.10. The Morgan fingerprint density at radius 3 is 2.50 bits per heavy atom. The Kier molecular flexibility index (Phi) is 5.42. The molecule has 1 nitrogen and oxygen atoms in total. The molecule has 0 radical (unpaired) electrons. The summed E-state index contributed by atoms with van der Waals surface area (Å²) in [6, 6.07) is 4.75. The molecule has 90 valence electrons. The molecule has 1 N–H and O–H groups in total. The maximum atomic E-state index is 13.1. The van der Waals surface area contributed by atoms with Crippen molar-refractivity contribution in [2.45, 2.75) is 39.2 Å². The molecule has 0 saturated carbocycles. The minimum absolute atomic E-state index is 0.263. The Labute approximate surface area is 105 Å². The van der Waals surface area contributed by atoms with E-state index in [9.17, 15) is 9.50 Å². The van der Waals surface area contributed by atoms with Gasteiger partial charge in [-0.15, -0.1) is 0 Å². The van der Waals surface area contributed by atoms with Crippen molar-refractivity contribution in [2.75, 3.05) is 0 Å². The molecule has 3 heteroatoms. The fourth-order valence-corrected chi connectivity index (χ4v) is 2.14. The zero-order valence-electron chi connectivity index (χ0n) is 9.71. The van der Waals surface area contributed by atoms with Crippen LogP contribution in [0.4, 0.5) is 4.39 Å². The van der Waals surface area contributed by atoms with Crippen LogP contribution in [0.15, 0.2) is 22.7 Å². The zero-order chi connectivity index (χ0) is 12.1. The predicted molar refractivity (Wildman–Crippen MR) is 67.9 cm³/mol. The Bertz CT molecular complexity index is 318. The van der Waals surface area contributed by atoms with Crippen LogP contribution in [0.1, 0.15) is 32.3 Å². The Hall–Kier alpha value is -0.410. The molecule has 0 aromatic heterocycles. The second-order valence-electron chi connectivity index (χ2n) is 4.61. The van der Waals surface area contributed by atoms with E-state index >= 15 is 0 Å². The van der Waals surface area contributed by atoms with Crippen molar-refractivity contribution in [2.24, 2.45) is 5.92 Å². The number of rotatable bonds is 5. The maximum Gasteiger partial charge on any atom is 0.124 e. The normalized spacial score (nSPS) is 13.1. The Morgan fingerprint density at radius 1 is 1.25 bits per heavy atom. The van der Waals surface area contributed by atoms with Crippen LogP contribution in [0.2, 0.25) is 0 Å². The fourth-order valence-electron chi connectivity index (χ4n) is 1.63. The molecule has 1 aromatic carbocycles. The second kappa shape index (κ2) is 6.36. The van der Waals surface area contributed by atoms with Gasteiger partial charge in [0.1, 0.15) is 5.82 Å². The molecule has 1 atom stereocenters. The van der Waals surface area contributed by atoms with E-state index in [1.807, 2.05) is 6.07 Å². The van der Waals surface area contributed by atoms with Gasteiger partial charge in [-0.2, -0.15) is 0 Å². The smallest absolute Gasteiger partial charge is 0.124 e. The van der Waals surface area contributed by atoms with E-state index in [0.717, 1.165) is 22.9 Å². The van der Waals surface area contributed by atoms with Crippen molar-refractivity contribution in [1.29, 1.82) is 0 Å². The zero-order valence-corrected chi connectivity index (χ0v) is 11.3. The second-order valence-corrected chi connectivity index (χ2v) is 5.52. The molecule has 0 heterocycles. The van der Waals surface area contributed by atoms with Crippen molar-refractivity contribution >= 4 is 15.9 Å². The van der Waals surface area contributed by atoms with Gasteiger partial charge in [-0.05, 0) is 48.9 Å². The summed E-state index contributed by atoms with van der Waals surface area (Å²) in [4.78, 5) is 0. The molecule has 1 unspecified atom stereocenters. The SMILES string of the molecule is CC(C)CCC(O)Cc1cc(F)cc(Br)c1. The van der Waals surface area contributed by atoms with Gasteiger partial charge in [0.05, 0.1) is 6.10 Å². The topological polar surface area (TPSA) is 20.2 Å². The van der Waals surface area contributed by atoms with Gasteiger partial charge in [0.25, 0.3) is 0 Å². The van der Waals surface area contributed by atoms with Crippen LogP contribution >= 0.6 is 15.9 Å². The molecule has 1 aromatic rings. The number of benzene rings is 1. The van der Waals surface area contributed by atoms with Crippen molar-refractivity contribution in [3.8, 4) is 0 Å². The first-order valence-electron chi connectivity index (χ1n) is 5.60. The van der Waals surface area contributed by atoms with E-state index in [2.05, 4.69) is 29.8 Å². The van der Waals surface area contributed by atoms with Crippen molar-refractivity contribution in [3.05, 3.63) is 34.1 Å². The fraction of sp³-hybridized carbons (Fsp3) is 0.538. The van der Waals surface area contributed by atoms with Gasteiger partial charge in [0, 0.05) is 4.47 Å². The van der Waals surface area contributed by atoms with Crippen LogP contribution in [0.5, 0.6) is 0 Å². The molecule has 0 aliphatic heterocycles. The summed E-state index contributed by atoms with van der Waals surface area (Å²) in [6.07, 6.45) is 1.91. The molecular formula is C13H18BrFO. The minimum atomic E-state index is -0.379. The van der Waals surface area contributed by atoms with Crippen LogP contribution in [-0.4, -0.2) is 11.2 Å². The molecule has 0 aliphatic carbocycles. The van der Waals surface area contributed by atoms with Gasteiger partial charge in [-0.3, -0.25) is 0 Å². The largest absolute Gasteiger partial charge is 0.393 e. The average molecular weight is 289 g/mol. The maximum absolute atomic E-state index is 13.1.